The number of nitrogens with one attached hydrogen (secondary N) is 1. The van der Waals surface area contributed by atoms with E-state index in [-0.39, 0.29) is 32.2 Å². The van der Waals surface area contributed by atoms with E-state index in [9.17, 15) is 40.7 Å². The molecule has 1 saturated heterocycles. The molecule has 206 valence electrons. The van der Waals surface area contributed by atoms with Gasteiger partial charge in [-0.2, -0.15) is 26.3 Å². The van der Waals surface area contributed by atoms with Crippen molar-refractivity contribution in [3.05, 3.63) is 70.8 Å². The fourth-order valence-electron chi connectivity index (χ4n) is 4.23. The molecule has 2 aromatic carbocycles. The summed E-state index contributed by atoms with van der Waals surface area (Å²) in [6.45, 7) is 2.08. The summed E-state index contributed by atoms with van der Waals surface area (Å²) in [5, 5.41) is 2.32. The number of rotatable bonds is 7. The van der Waals surface area contributed by atoms with Gasteiger partial charge in [-0.3, -0.25) is 14.4 Å². The quantitative estimate of drug-likeness (QED) is 0.399. The Morgan fingerprint density at radius 2 is 1.61 bits per heavy atom. The van der Waals surface area contributed by atoms with E-state index in [2.05, 4.69) is 5.32 Å². The van der Waals surface area contributed by atoms with Crippen LogP contribution in [0.25, 0.3) is 0 Å². The van der Waals surface area contributed by atoms with Gasteiger partial charge in [0, 0.05) is 25.1 Å². The zero-order chi connectivity index (χ0) is 28.1. The number of piperidine rings is 1. The van der Waals surface area contributed by atoms with Crippen LogP contribution in [0.4, 0.5) is 26.3 Å². The lowest BCUT2D eigenvalue weighted by atomic mass is 9.96. The van der Waals surface area contributed by atoms with Crippen molar-refractivity contribution in [2.24, 2.45) is 5.92 Å². The molecule has 1 aliphatic rings. The lowest BCUT2D eigenvalue weighted by Gasteiger charge is -2.34. The van der Waals surface area contributed by atoms with Crippen molar-refractivity contribution in [2.45, 2.75) is 44.6 Å². The van der Waals surface area contributed by atoms with Crippen LogP contribution in [0.3, 0.4) is 0 Å². The third-order valence-electron chi connectivity index (χ3n) is 6.09. The predicted molar refractivity (Wildman–Crippen MR) is 124 cm³/mol. The summed E-state index contributed by atoms with van der Waals surface area (Å²) in [6, 6.07) is 7.64. The molecule has 0 bridgehead atoms. The van der Waals surface area contributed by atoms with Gasteiger partial charge in [0.2, 0.25) is 5.91 Å². The minimum Gasteiger partial charge on any atom is -0.466 e. The van der Waals surface area contributed by atoms with Gasteiger partial charge >= 0.3 is 18.3 Å². The van der Waals surface area contributed by atoms with Crippen LogP contribution in [0, 0.1) is 5.92 Å². The summed E-state index contributed by atoms with van der Waals surface area (Å²) in [6.07, 6.45) is -9.37. The van der Waals surface area contributed by atoms with Crippen LogP contribution in [-0.4, -0.2) is 48.4 Å². The summed E-state index contributed by atoms with van der Waals surface area (Å²) in [7, 11) is 0. The molecule has 2 amide bonds. The number of amides is 2. The summed E-state index contributed by atoms with van der Waals surface area (Å²) >= 11 is 0. The molecule has 1 N–H and O–H groups in total. The minimum atomic E-state index is -5.13. The van der Waals surface area contributed by atoms with Crippen LogP contribution in [-0.2, 0) is 33.1 Å². The highest BCUT2D eigenvalue weighted by molar-refractivity contribution is 5.98. The zero-order valence-electron chi connectivity index (χ0n) is 20.4. The van der Waals surface area contributed by atoms with Gasteiger partial charge in [-0.05, 0) is 43.5 Å². The Kier molecular flexibility index (Phi) is 9.05. The number of hydrogen-bond acceptors (Lipinski definition) is 4. The summed E-state index contributed by atoms with van der Waals surface area (Å²) < 4.78 is 84.7. The Hall–Kier alpha value is -3.57. The molecule has 2 aromatic rings. The Bertz CT molecular complexity index is 1120. The van der Waals surface area contributed by atoms with Crippen LogP contribution in [0.15, 0.2) is 48.5 Å². The molecule has 12 heteroatoms. The van der Waals surface area contributed by atoms with Gasteiger partial charge < -0.3 is 15.0 Å². The van der Waals surface area contributed by atoms with Crippen molar-refractivity contribution in [1.29, 1.82) is 0 Å². The number of likely N-dealkylation sites (tertiary alicyclic amines) is 1. The number of nitrogens with zero attached hydrogens (tertiary/aromatic N) is 1. The van der Waals surface area contributed by atoms with Gasteiger partial charge in [0.15, 0.2) is 0 Å². The molecule has 0 radical (unpaired) electrons. The van der Waals surface area contributed by atoms with E-state index in [1.165, 1.54) is 4.90 Å². The van der Waals surface area contributed by atoms with Crippen molar-refractivity contribution in [3.8, 4) is 0 Å². The molecule has 0 spiro atoms. The molecule has 0 aliphatic carbocycles. The Balaban J connectivity index is 1.90. The molecule has 0 aromatic heterocycles. The van der Waals surface area contributed by atoms with Crippen LogP contribution in [0.2, 0.25) is 0 Å². The molecule has 38 heavy (non-hydrogen) atoms. The second kappa shape index (κ2) is 11.9. The molecule has 2 atom stereocenters. The van der Waals surface area contributed by atoms with Crippen molar-refractivity contribution >= 4 is 17.8 Å². The van der Waals surface area contributed by atoms with E-state index in [1.807, 2.05) is 0 Å². The number of esters is 1. The molecular weight excluding hydrogens is 518 g/mol. The maximum atomic E-state index is 13.4. The molecule has 0 saturated carbocycles. The summed E-state index contributed by atoms with van der Waals surface area (Å²) in [4.78, 5) is 40.0. The SMILES string of the molecule is CCOC(=O)C1CCCN(C(=O)C(Cc2ccccc2)NC(=O)c2cc(C(F)(F)F)cc(C(F)(F)F)c2)C1. The van der Waals surface area contributed by atoms with E-state index in [1.54, 1.807) is 37.3 Å². The zero-order valence-corrected chi connectivity index (χ0v) is 20.4. The number of hydrogen-bond donors (Lipinski definition) is 1. The highest BCUT2D eigenvalue weighted by Crippen LogP contribution is 2.36. The standard InChI is InChI=1S/C26H26F6N2O4/c1-2-38-24(37)17-9-6-10-34(15-17)23(36)21(11-16-7-4-3-5-8-16)33-22(35)18-12-19(25(27,28)29)14-20(13-18)26(30,31)32/h3-5,7-8,12-14,17,21H,2,6,9-11,15H2,1H3,(H,33,35). The third kappa shape index (κ3) is 7.48. The largest absolute Gasteiger partial charge is 0.466 e. The van der Waals surface area contributed by atoms with Crippen molar-refractivity contribution < 1.29 is 45.5 Å². The van der Waals surface area contributed by atoms with Crippen molar-refractivity contribution in [2.75, 3.05) is 19.7 Å². The maximum absolute atomic E-state index is 13.4. The molecule has 1 aliphatic heterocycles. The van der Waals surface area contributed by atoms with Gasteiger partial charge in [-0.25, -0.2) is 0 Å². The van der Waals surface area contributed by atoms with Crippen LogP contribution >= 0.6 is 0 Å². The second-order valence-electron chi connectivity index (χ2n) is 8.89. The maximum Gasteiger partial charge on any atom is 0.416 e. The highest BCUT2D eigenvalue weighted by atomic mass is 19.4. The second-order valence-corrected chi connectivity index (χ2v) is 8.89. The van der Waals surface area contributed by atoms with Crippen LogP contribution in [0.1, 0.15) is 46.8 Å². The normalized spacial score (nSPS) is 17.0. The number of alkyl halides is 6. The molecule has 3 rings (SSSR count). The van der Waals surface area contributed by atoms with E-state index in [0.717, 1.165) is 0 Å². The molecule has 2 unspecified atom stereocenters. The predicted octanol–water partition coefficient (Wildman–Crippen LogP) is 4.87. The number of ether oxygens (including phenoxy) is 1. The molecule has 1 fully saturated rings. The first kappa shape index (κ1) is 29.0. The monoisotopic (exact) mass is 544 g/mol. The molecular formula is C26H26F6N2O4. The van der Waals surface area contributed by atoms with Crippen LogP contribution < -0.4 is 5.32 Å². The Morgan fingerprint density at radius 3 is 2.16 bits per heavy atom. The van der Waals surface area contributed by atoms with E-state index in [4.69, 9.17) is 4.74 Å². The topological polar surface area (TPSA) is 75.7 Å². The summed E-state index contributed by atoms with van der Waals surface area (Å²) in [5.74, 6) is -2.94. The van der Waals surface area contributed by atoms with Crippen molar-refractivity contribution in [3.63, 3.8) is 0 Å². The van der Waals surface area contributed by atoms with E-state index < -0.39 is 58.8 Å². The van der Waals surface area contributed by atoms with Crippen molar-refractivity contribution in [1.82, 2.24) is 10.2 Å². The summed E-state index contributed by atoms with van der Waals surface area (Å²) in [5.41, 5.74) is -3.57. The van der Waals surface area contributed by atoms with E-state index in [0.29, 0.717) is 30.5 Å². The average Bonchev–Trinajstić information content (AvgIpc) is 2.87. The first-order valence-electron chi connectivity index (χ1n) is 11.9. The first-order chi connectivity index (χ1) is 17.8. The van der Waals surface area contributed by atoms with Crippen LogP contribution in [0.5, 0.6) is 0 Å². The molecule has 1 heterocycles. The Labute approximate surface area is 214 Å². The van der Waals surface area contributed by atoms with Gasteiger partial charge in [0.05, 0.1) is 23.7 Å². The number of halogens is 6. The third-order valence-corrected chi connectivity index (χ3v) is 6.09. The van der Waals surface area contributed by atoms with Gasteiger partial charge in [-0.1, -0.05) is 30.3 Å². The lowest BCUT2D eigenvalue weighted by molar-refractivity contribution is -0.151. The first-order valence-corrected chi connectivity index (χ1v) is 11.9. The minimum absolute atomic E-state index is 0.0145. The smallest absolute Gasteiger partial charge is 0.416 e. The van der Waals surface area contributed by atoms with E-state index >= 15 is 0 Å². The Morgan fingerprint density at radius 1 is 1.00 bits per heavy atom. The number of carbonyl (C=O) groups is 3. The number of carbonyl (C=O) groups excluding carboxylic acids is 3. The highest BCUT2D eigenvalue weighted by Gasteiger charge is 2.38. The number of benzene rings is 2. The fraction of sp³-hybridized carbons (Fsp3) is 0.423. The lowest BCUT2D eigenvalue weighted by Crippen LogP contribution is -2.53. The van der Waals surface area contributed by atoms with Gasteiger partial charge in [0.1, 0.15) is 6.04 Å². The average molecular weight is 544 g/mol. The molecule has 6 nitrogen and oxygen atoms in total. The van der Waals surface area contributed by atoms with Gasteiger partial charge in [0.25, 0.3) is 5.91 Å². The van der Waals surface area contributed by atoms with Gasteiger partial charge in [-0.15, -0.1) is 0 Å². The fourth-order valence-corrected chi connectivity index (χ4v) is 4.23.